The van der Waals surface area contributed by atoms with Gasteiger partial charge in [0.05, 0.1) is 0 Å². The molecule has 0 rings (SSSR count). The van der Waals surface area contributed by atoms with E-state index in [-0.39, 0.29) is 99.7 Å². The predicted octanol–water partition coefficient (Wildman–Crippen LogP) is -2.26. The van der Waals surface area contributed by atoms with Crippen LogP contribution in [0.5, 0.6) is 0 Å². The van der Waals surface area contributed by atoms with Crippen molar-refractivity contribution in [2.75, 3.05) is 0 Å². The summed E-state index contributed by atoms with van der Waals surface area (Å²) in [6.45, 7) is 0. The summed E-state index contributed by atoms with van der Waals surface area (Å²) in [6, 6.07) is 0. The fourth-order valence-electron chi connectivity index (χ4n) is 0. The minimum absolute atomic E-state index is 0. The van der Waals surface area contributed by atoms with Crippen molar-refractivity contribution >= 4 is 10.4 Å². The Labute approximate surface area is 129 Å². The van der Waals surface area contributed by atoms with Crippen LogP contribution in [0.2, 0.25) is 0 Å². The van der Waals surface area contributed by atoms with E-state index < -0.39 is 10.4 Å². The van der Waals surface area contributed by atoms with Crippen LogP contribution in [0.4, 0.5) is 0 Å². The number of hydrogen-bond acceptors (Lipinski definition) is 5. The van der Waals surface area contributed by atoms with Gasteiger partial charge in [-0.25, -0.2) is 8.42 Å². The summed E-state index contributed by atoms with van der Waals surface area (Å²) in [4.78, 5) is 0. The second kappa shape index (κ2) is 8.12. The van der Waals surface area contributed by atoms with Crippen LogP contribution in [0.3, 0.4) is 0 Å². The fraction of sp³-hybridized carbons (Fsp3) is 0. The van der Waals surface area contributed by atoms with E-state index in [0.717, 1.165) is 0 Å². The van der Waals surface area contributed by atoms with Crippen molar-refractivity contribution in [2.24, 2.45) is 0 Å². The minimum Gasteiger partial charge on any atom is -0.726 e. The Balaban J connectivity index is -0.000000125. The molecule has 0 aliphatic heterocycles. The van der Waals surface area contributed by atoms with Gasteiger partial charge in [0.1, 0.15) is 0 Å². The normalized spacial score (nSPS) is 8.75. The Morgan fingerprint density at radius 1 is 1.25 bits per heavy atom. The monoisotopic (exact) mass is 558 g/mol. The summed E-state index contributed by atoms with van der Waals surface area (Å²) in [6.07, 6.45) is 0. The van der Waals surface area contributed by atoms with Crippen molar-refractivity contribution in [1.29, 1.82) is 0 Å². The first-order valence-electron chi connectivity index (χ1n) is 0.833. The van der Waals surface area contributed by atoms with Crippen LogP contribution in [-0.2, 0) is 14.7 Å². The van der Waals surface area contributed by atoms with Gasteiger partial charge in [0.25, 0.3) is 0 Å². The molecule has 8 heavy (non-hydrogen) atoms. The summed E-state index contributed by atoms with van der Waals surface area (Å²) < 4.78 is 28.8. The summed E-state index contributed by atoms with van der Waals surface area (Å²) in [5, 5.41) is 8.55. The molecule has 0 atom stereocenters. The Hall–Kier alpha value is 3.02. The minimum atomic E-state index is -4.97. The van der Waals surface area contributed by atoms with E-state index in [9.17, 15) is 0 Å². The van der Waals surface area contributed by atoms with E-state index in [1.807, 2.05) is 0 Å². The summed E-state index contributed by atoms with van der Waals surface area (Å²) in [5.74, 6) is 0. The molecule has 0 N–H and O–H groups in total. The van der Waals surface area contributed by atoms with Crippen LogP contribution < -0.4 is 5.26 Å². The Morgan fingerprint density at radius 3 is 1.38 bits per heavy atom. The van der Waals surface area contributed by atoms with E-state index in [1.54, 1.807) is 0 Å². The molecule has 0 saturated carbocycles. The SMILES string of the molecule is O=S(=O)([O-])O[O-].[Fr+].[Fr+]. The third kappa shape index (κ3) is 16.0. The zero-order valence-electron chi connectivity index (χ0n) is 4.45. The molecule has 0 aromatic heterocycles. The molecule has 0 unspecified atom stereocenters. The molecule has 0 aromatic rings. The summed E-state index contributed by atoms with van der Waals surface area (Å²) in [7, 11) is -4.97. The first-order valence-corrected chi connectivity index (χ1v) is 2.17. The number of hydrogen-bond donors (Lipinski definition) is 0. The van der Waals surface area contributed by atoms with Crippen molar-refractivity contribution < 1.29 is 122 Å². The van der Waals surface area contributed by atoms with Gasteiger partial charge in [0, 0.05) is 0 Å². The van der Waals surface area contributed by atoms with Crippen LogP contribution in [0.25, 0.3) is 0 Å². The van der Waals surface area contributed by atoms with Crippen molar-refractivity contribution in [3.8, 4) is 0 Å². The van der Waals surface area contributed by atoms with Gasteiger partial charge in [0.15, 0.2) is 0 Å². The molecule has 0 aliphatic carbocycles. The third-order valence-electron chi connectivity index (χ3n) is 0.0833. The molecule has 0 aromatic carbocycles. The van der Waals surface area contributed by atoms with Crippen molar-refractivity contribution in [3.05, 3.63) is 0 Å². The van der Waals surface area contributed by atoms with Crippen molar-refractivity contribution in [2.45, 2.75) is 0 Å². The van der Waals surface area contributed by atoms with Gasteiger partial charge < -0.3 is 14.1 Å². The second-order valence-electron chi connectivity index (χ2n) is 0.476. The molecule has 0 saturated heterocycles. The quantitative estimate of drug-likeness (QED) is 0.157. The second-order valence-corrected chi connectivity index (χ2v) is 1.43. The van der Waals surface area contributed by atoms with Gasteiger partial charge >= 0.3 is 99.7 Å². The molecule has 0 heterocycles. The van der Waals surface area contributed by atoms with Crippen LogP contribution in [-0.4, -0.2) is 13.0 Å². The molecule has 0 bridgehead atoms. The van der Waals surface area contributed by atoms with Gasteiger partial charge in [-0.15, -0.1) is 0 Å². The molecule has 38 valence electrons. The van der Waals surface area contributed by atoms with Gasteiger partial charge in [-0.3, -0.25) is 0 Å². The molecular weight excluding hydrogens is 558 g/mol. The molecular formula is Fr2O5S. The van der Waals surface area contributed by atoms with Gasteiger partial charge in [0.2, 0.25) is 10.4 Å². The standard InChI is InChI=1S/2Fr.H2O5S/c;;1-5-6(2,3)4/h;;1H,(H,2,3,4)/q2*+1;/p-2. The largest absolute Gasteiger partial charge is 1.00 e. The fourth-order valence-corrected chi connectivity index (χ4v) is 0. The Bertz CT molecular complexity index is 112. The Kier molecular flexibility index (Phi) is 17.5. The van der Waals surface area contributed by atoms with Crippen LogP contribution in [0.15, 0.2) is 0 Å². The molecule has 0 spiro atoms. The predicted molar refractivity (Wildman–Crippen MR) is 10.8 cm³/mol. The molecule has 0 fully saturated rings. The van der Waals surface area contributed by atoms with Gasteiger partial charge in [-0.1, -0.05) is 0 Å². The topological polar surface area (TPSA) is 89.5 Å². The van der Waals surface area contributed by atoms with E-state index in [0.29, 0.717) is 0 Å². The first kappa shape index (κ1) is 17.2. The maximum atomic E-state index is 8.91. The van der Waals surface area contributed by atoms with E-state index >= 15 is 0 Å². The third-order valence-corrected chi connectivity index (χ3v) is 0.250. The molecule has 0 radical (unpaired) electrons. The first-order chi connectivity index (χ1) is 2.56. The summed E-state index contributed by atoms with van der Waals surface area (Å²) in [5.41, 5.74) is 0. The zero-order valence-corrected chi connectivity index (χ0v) is 21.7. The van der Waals surface area contributed by atoms with E-state index in [4.69, 9.17) is 18.2 Å². The average molecular weight is 558 g/mol. The smallest absolute Gasteiger partial charge is 0.726 e. The molecule has 8 heteroatoms. The number of rotatable bonds is 1. The summed E-state index contributed by atoms with van der Waals surface area (Å²) >= 11 is 0. The molecule has 0 amide bonds. The van der Waals surface area contributed by atoms with Crippen molar-refractivity contribution in [1.82, 2.24) is 0 Å². The molecule has 0 aliphatic rings. The maximum absolute atomic E-state index is 8.91. The van der Waals surface area contributed by atoms with Gasteiger partial charge in [-0.05, 0) is 0 Å². The van der Waals surface area contributed by atoms with Crippen LogP contribution >= 0.6 is 0 Å². The zero-order chi connectivity index (χ0) is 5.21. The Morgan fingerprint density at radius 2 is 1.38 bits per heavy atom. The van der Waals surface area contributed by atoms with Crippen LogP contribution in [0.1, 0.15) is 0 Å². The van der Waals surface area contributed by atoms with Crippen LogP contribution in [0, 0.1) is 99.7 Å². The maximum Gasteiger partial charge on any atom is 1.00 e. The van der Waals surface area contributed by atoms with E-state index in [2.05, 4.69) is 4.33 Å². The average Bonchev–Trinajstić information content (AvgIpc) is 1.35. The molecule has 5 nitrogen and oxygen atoms in total. The van der Waals surface area contributed by atoms with Crippen molar-refractivity contribution in [3.63, 3.8) is 0 Å². The van der Waals surface area contributed by atoms with E-state index in [1.165, 1.54) is 0 Å². The van der Waals surface area contributed by atoms with Gasteiger partial charge in [-0.2, -0.15) is 0 Å².